The van der Waals surface area contributed by atoms with Crippen LogP contribution in [0.1, 0.15) is 26.7 Å². The number of hydrogen-bond acceptors (Lipinski definition) is 3. The molecule has 94 valence electrons. The minimum atomic E-state index is 0.00115. The van der Waals surface area contributed by atoms with Crippen molar-refractivity contribution in [1.82, 2.24) is 5.32 Å². The van der Waals surface area contributed by atoms with E-state index in [1.807, 2.05) is 0 Å². The number of hydrogen-bond donors (Lipinski definition) is 3. The van der Waals surface area contributed by atoms with Gasteiger partial charge in [0.05, 0.1) is 0 Å². The van der Waals surface area contributed by atoms with E-state index in [4.69, 9.17) is 5.11 Å². The molecule has 0 saturated carbocycles. The summed E-state index contributed by atoms with van der Waals surface area (Å²) in [6.45, 7) is 5.01. The maximum absolute atomic E-state index is 11.5. The van der Waals surface area contributed by atoms with Crippen LogP contribution in [0.15, 0.2) is 24.3 Å². The molecule has 0 aromatic heterocycles. The Labute approximate surface area is 102 Å². The Bertz CT molecular complexity index is 347. The van der Waals surface area contributed by atoms with E-state index in [0.717, 1.165) is 13.0 Å². The number of carbonyl (C=O) groups is 1. The lowest BCUT2D eigenvalue weighted by atomic mass is 10.2. The molecule has 1 rings (SSSR count). The van der Waals surface area contributed by atoms with Crippen molar-refractivity contribution in [3.8, 4) is 5.75 Å². The van der Waals surface area contributed by atoms with Crippen molar-refractivity contribution in [3.05, 3.63) is 24.3 Å². The number of phenols is 1. The second-order valence-electron chi connectivity index (χ2n) is 4.31. The van der Waals surface area contributed by atoms with E-state index in [2.05, 4.69) is 24.5 Å². The summed E-state index contributed by atoms with van der Waals surface area (Å²) in [5.41, 5.74) is 0.713. The number of nitrogens with one attached hydrogen (secondary N) is 2. The van der Waals surface area contributed by atoms with E-state index >= 15 is 0 Å². The molecule has 0 aliphatic carbocycles. The van der Waals surface area contributed by atoms with Gasteiger partial charge in [-0.25, -0.2) is 0 Å². The maximum Gasteiger partial charge on any atom is 0.224 e. The van der Waals surface area contributed by atoms with E-state index in [1.165, 1.54) is 0 Å². The van der Waals surface area contributed by atoms with Gasteiger partial charge in [0.2, 0.25) is 5.91 Å². The molecule has 1 aromatic rings. The highest BCUT2D eigenvalue weighted by Gasteiger charge is 2.02. The van der Waals surface area contributed by atoms with Gasteiger partial charge in [-0.3, -0.25) is 4.79 Å². The first-order valence-electron chi connectivity index (χ1n) is 5.90. The van der Waals surface area contributed by atoms with Gasteiger partial charge in [0.1, 0.15) is 5.75 Å². The maximum atomic E-state index is 11.5. The van der Waals surface area contributed by atoms with Crippen LogP contribution in [0.2, 0.25) is 0 Å². The minimum Gasteiger partial charge on any atom is -0.508 e. The predicted molar refractivity (Wildman–Crippen MR) is 69.1 cm³/mol. The van der Waals surface area contributed by atoms with E-state index in [9.17, 15) is 4.79 Å². The second-order valence-corrected chi connectivity index (χ2v) is 4.31. The lowest BCUT2D eigenvalue weighted by molar-refractivity contribution is -0.116. The molecule has 0 aliphatic heterocycles. The lowest BCUT2D eigenvalue weighted by Gasteiger charge is -2.08. The molecule has 0 saturated heterocycles. The van der Waals surface area contributed by atoms with Crippen molar-refractivity contribution >= 4 is 11.6 Å². The van der Waals surface area contributed by atoms with Crippen molar-refractivity contribution in [2.24, 2.45) is 0 Å². The Morgan fingerprint density at radius 2 is 1.94 bits per heavy atom. The third kappa shape index (κ3) is 5.92. The van der Waals surface area contributed by atoms with Crippen LogP contribution in [0.4, 0.5) is 5.69 Å². The highest BCUT2D eigenvalue weighted by molar-refractivity contribution is 5.90. The molecule has 4 heteroatoms. The van der Waals surface area contributed by atoms with E-state index in [1.54, 1.807) is 24.3 Å². The van der Waals surface area contributed by atoms with Gasteiger partial charge in [-0.15, -0.1) is 0 Å². The Kier molecular flexibility index (Phi) is 5.49. The number of anilines is 1. The van der Waals surface area contributed by atoms with Gasteiger partial charge in [-0.1, -0.05) is 13.8 Å². The third-order valence-electron chi connectivity index (χ3n) is 2.28. The summed E-state index contributed by atoms with van der Waals surface area (Å²) in [4.78, 5) is 11.5. The summed E-state index contributed by atoms with van der Waals surface area (Å²) >= 11 is 0. The average molecular weight is 236 g/mol. The fourth-order valence-electron chi connectivity index (χ4n) is 1.41. The second kappa shape index (κ2) is 6.91. The number of aromatic hydroxyl groups is 1. The first kappa shape index (κ1) is 13.5. The van der Waals surface area contributed by atoms with Gasteiger partial charge in [-0.2, -0.15) is 0 Å². The van der Waals surface area contributed by atoms with Crippen LogP contribution in [0.5, 0.6) is 5.75 Å². The molecule has 0 atom stereocenters. The van der Waals surface area contributed by atoms with Crippen LogP contribution >= 0.6 is 0 Å². The van der Waals surface area contributed by atoms with Crippen molar-refractivity contribution < 1.29 is 9.90 Å². The molecule has 0 fully saturated rings. The normalized spacial score (nSPS) is 10.5. The molecule has 0 aliphatic rings. The number of benzene rings is 1. The fraction of sp³-hybridized carbons (Fsp3) is 0.462. The summed E-state index contributed by atoms with van der Waals surface area (Å²) in [6.07, 6.45) is 1.32. The Morgan fingerprint density at radius 1 is 1.29 bits per heavy atom. The number of carbonyl (C=O) groups excluding carboxylic acids is 1. The van der Waals surface area contributed by atoms with Gasteiger partial charge in [0.15, 0.2) is 0 Å². The highest BCUT2D eigenvalue weighted by atomic mass is 16.3. The fourth-order valence-corrected chi connectivity index (χ4v) is 1.41. The quantitative estimate of drug-likeness (QED) is 0.523. The first-order chi connectivity index (χ1) is 8.08. The number of amides is 1. The van der Waals surface area contributed by atoms with Crippen molar-refractivity contribution in [1.29, 1.82) is 0 Å². The van der Waals surface area contributed by atoms with Crippen molar-refractivity contribution in [2.45, 2.75) is 32.7 Å². The smallest absolute Gasteiger partial charge is 0.224 e. The SMILES string of the molecule is CC(C)NCCCC(=O)Nc1ccc(O)cc1. The zero-order valence-corrected chi connectivity index (χ0v) is 10.4. The Hall–Kier alpha value is -1.55. The predicted octanol–water partition coefficient (Wildman–Crippen LogP) is 2.11. The van der Waals surface area contributed by atoms with Crippen LogP contribution in [0.3, 0.4) is 0 Å². The molecule has 0 unspecified atom stereocenters. The summed E-state index contributed by atoms with van der Waals surface area (Å²) in [5, 5.41) is 15.1. The Balaban J connectivity index is 2.23. The van der Waals surface area contributed by atoms with Crippen LogP contribution < -0.4 is 10.6 Å². The van der Waals surface area contributed by atoms with Crippen LogP contribution in [-0.2, 0) is 4.79 Å². The topological polar surface area (TPSA) is 61.4 Å². The molecule has 0 heterocycles. The minimum absolute atomic E-state index is 0.00115. The molecule has 4 nitrogen and oxygen atoms in total. The summed E-state index contributed by atoms with van der Waals surface area (Å²) in [6, 6.07) is 6.92. The Morgan fingerprint density at radius 3 is 2.53 bits per heavy atom. The molecule has 0 spiro atoms. The van der Waals surface area contributed by atoms with Gasteiger partial charge in [-0.05, 0) is 37.2 Å². The van der Waals surface area contributed by atoms with Crippen LogP contribution in [-0.4, -0.2) is 23.6 Å². The molecule has 0 radical (unpaired) electrons. The first-order valence-corrected chi connectivity index (χ1v) is 5.90. The van der Waals surface area contributed by atoms with Crippen molar-refractivity contribution in [2.75, 3.05) is 11.9 Å². The molecular formula is C13H20N2O2. The van der Waals surface area contributed by atoms with E-state index in [0.29, 0.717) is 18.2 Å². The average Bonchev–Trinajstić information content (AvgIpc) is 2.27. The standard InChI is InChI=1S/C13H20N2O2/c1-10(2)14-9-3-4-13(17)15-11-5-7-12(16)8-6-11/h5-8,10,14,16H,3-4,9H2,1-2H3,(H,15,17). The molecular weight excluding hydrogens is 216 g/mol. The monoisotopic (exact) mass is 236 g/mol. The highest BCUT2D eigenvalue weighted by Crippen LogP contribution is 2.13. The zero-order valence-electron chi connectivity index (χ0n) is 10.4. The third-order valence-corrected chi connectivity index (χ3v) is 2.28. The lowest BCUT2D eigenvalue weighted by Crippen LogP contribution is -2.24. The number of phenolic OH excluding ortho intramolecular Hbond substituents is 1. The summed E-state index contributed by atoms with van der Waals surface area (Å²) in [7, 11) is 0. The zero-order chi connectivity index (χ0) is 12.7. The summed E-state index contributed by atoms with van der Waals surface area (Å²) < 4.78 is 0. The van der Waals surface area contributed by atoms with Crippen LogP contribution in [0, 0.1) is 0 Å². The summed E-state index contributed by atoms with van der Waals surface area (Å²) in [5.74, 6) is 0.199. The van der Waals surface area contributed by atoms with Crippen molar-refractivity contribution in [3.63, 3.8) is 0 Å². The molecule has 1 aromatic carbocycles. The molecule has 0 bridgehead atoms. The van der Waals surface area contributed by atoms with Gasteiger partial charge >= 0.3 is 0 Å². The molecule has 3 N–H and O–H groups in total. The number of rotatable bonds is 6. The van der Waals surface area contributed by atoms with E-state index < -0.39 is 0 Å². The van der Waals surface area contributed by atoms with Crippen LogP contribution in [0.25, 0.3) is 0 Å². The van der Waals surface area contributed by atoms with E-state index in [-0.39, 0.29) is 11.7 Å². The molecule has 17 heavy (non-hydrogen) atoms. The van der Waals surface area contributed by atoms with Gasteiger partial charge in [0, 0.05) is 18.2 Å². The van der Waals surface area contributed by atoms with Gasteiger partial charge < -0.3 is 15.7 Å². The molecule has 1 amide bonds. The largest absolute Gasteiger partial charge is 0.508 e. The van der Waals surface area contributed by atoms with Gasteiger partial charge in [0.25, 0.3) is 0 Å².